The number of anilines is 3. The number of allylic oxidation sites excluding steroid dienone is 1. The molecule has 4 aromatic rings. The third kappa shape index (κ3) is 7.81. The normalized spacial score (nSPS) is 18.1. The maximum atomic E-state index is 14.2. The Morgan fingerprint density at radius 3 is 2.26 bits per heavy atom. The van der Waals surface area contributed by atoms with Gasteiger partial charge in [0.1, 0.15) is 12.2 Å². The van der Waals surface area contributed by atoms with E-state index >= 15 is 0 Å². The van der Waals surface area contributed by atoms with Crippen LogP contribution < -0.4 is 15.5 Å². The number of rotatable bonds is 14. The van der Waals surface area contributed by atoms with Gasteiger partial charge in [0.15, 0.2) is 5.60 Å². The lowest BCUT2D eigenvalue weighted by atomic mass is 9.82. The lowest BCUT2D eigenvalue weighted by molar-refractivity contribution is -0.139. The number of carbonyl (C=O) groups is 3. The molecule has 2 heterocycles. The molecule has 0 spiro atoms. The number of aromatic nitrogens is 3. The van der Waals surface area contributed by atoms with Crippen molar-refractivity contribution in [2.75, 3.05) is 22.1 Å². The molecule has 1 aliphatic heterocycles. The minimum Gasteiger partial charge on any atom is -0.395 e. The first-order valence-corrected chi connectivity index (χ1v) is 16.4. The van der Waals surface area contributed by atoms with Crippen LogP contribution in [0.1, 0.15) is 55.5 Å². The van der Waals surface area contributed by atoms with E-state index in [-0.39, 0.29) is 19.1 Å². The second-order valence-electron chi connectivity index (χ2n) is 12.5. The van der Waals surface area contributed by atoms with Gasteiger partial charge in [0.05, 0.1) is 30.5 Å². The second-order valence-corrected chi connectivity index (χ2v) is 12.5. The van der Waals surface area contributed by atoms with E-state index < -0.39 is 41.4 Å². The van der Waals surface area contributed by atoms with E-state index in [1.807, 2.05) is 36.4 Å². The van der Waals surface area contributed by atoms with Crippen molar-refractivity contribution in [3.8, 4) is 0 Å². The minimum atomic E-state index is -2.00. The lowest BCUT2D eigenvalue weighted by Gasteiger charge is -2.28. The Balaban J connectivity index is 1.35. The zero-order chi connectivity index (χ0) is 36.0. The molecule has 3 amide bonds. The summed E-state index contributed by atoms with van der Waals surface area (Å²) >= 11 is 0. The van der Waals surface area contributed by atoms with Crippen LogP contribution >= 0.6 is 0 Å². The summed E-state index contributed by atoms with van der Waals surface area (Å²) < 4.78 is 1.68. The van der Waals surface area contributed by atoms with Crippen molar-refractivity contribution in [2.24, 2.45) is 5.92 Å². The highest BCUT2D eigenvalue weighted by Gasteiger charge is 2.52. The molecule has 13 heteroatoms. The summed E-state index contributed by atoms with van der Waals surface area (Å²) in [6, 6.07) is 21.2. The van der Waals surface area contributed by atoms with E-state index in [1.54, 1.807) is 66.3 Å². The van der Waals surface area contributed by atoms with Gasteiger partial charge < -0.3 is 36.0 Å². The Kier molecular flexibility index (Phi) is 11.2. The highest BCUT2D eigenvalue weighted by atomic mass is 16.3. The van der Waals surface area contributed by atoms with Crippen molar-refractivity contribution >= 4 is 34.8 Å². The molecule has 0 saturated carbocycles. The summed E-state index contributed by atoms with van der Waals surface area (Å²) in [7, 11) is 0. The van der Waals surface area contributed by atoms with Crippen LogP contribution in [0.4, 0.5) is 17.1 Å². The number of carbonyl (C=O) groups excluding carboxylic acids is 3. The predicted octanol–water partition coefficient (Wildman–Crippen LogP) is 3.06. The zero-order valence-corrected chi connectivity index (χ0v) is 28.1. The predicted molar refractivity (Wildman–Crippen MR) is 187 cm³/mol. The smallest absolute Gasteiger partial charge is 0.264 e. The molecule has 50 heavy (non-hydrogen) atoms. The number of hydrogen-bond acceptors (Lipinski definition) is 9. The SMILES string of the molecule is C[C@H](O)C(=O)Nc1cccc(CN2C(=O)[C@](O)([C@H](C)/C=C/CCn3cc(C(CO)c4ccccc4)nn3)c3cc(NC(=O)[C@H](C)O)ccc32)c1. The van der Waals surface area contributed by atoms with Gasteiger partial charge in [0.25, 0.3) is 17.7 Å². The molecule has 0 aliphatic carbocycles. The van der Waals surface area contributed by atoms with Gasteiger partial charge in [0, 0.05) is 35.6 Å². The Hall–Kier alpha value is -5.21. The van der Waals surface area contributed by atoms with Crippen LogP contribution in [0.25, 0.3) is 0 Å². The molecule has 262 valence electrons. The van der Waals surface area contributed by atoms with Gasteiger partial charge in [-0.1, -0.05) is 66.8 Å². The number of aliphatic hydroxyl groups is 4. The van der Waals surface area contributed by atoms with Crippen LogP contribution in [-0.2, 0) is 33.1 Å². The van der Waals surface area contributed by atoms with E-state index in [1.165, 1.54) is 18.7 Å². The largest absolute Gasteiger partial charge is 0.395 e. The van der Waals surface area contributed by atoms with Crippen molar-refractivity contribution in [3.63, 3.8) is 0 Å². The highest BCUT2D eigenvalue weighted by molar-refractivity contribution is 6.08. The Bertz CT molecular complexity index is 1860. The average molecular weight is 683 g/mol. The molecule has 1 unspecified atom stereocenters. The van der Waals surface area contributed by atoms with Gasteiger partial charge in [-0.25, -0.2) is 0 Å². The quantitative estimate of drug-likeness (QED) is 0.109. The first-order valence-electron chi connectivity index (χ1n) is 16.4. The zero-order valence-electron chi connectivity index (χ0n) is 28.1. The summed E-state index contributed by atoms with van der Waals surface area (Å²) in [6.45, 7) is 4.85. The first-order chi connectivity index (χ1) is 23.9. The van der Waals surface area contributed by atoms with Gasteiger partial charge >= 0.3 is 0 Å². The summed E-state index contributed by atoms with van der Waals surface area (Å²) in [6.07, 6.45) is 3.45. The maximum absolute atomic E-state index is 14.2. The van der Waals surface area contributed by atoms with Crippen molar-refractivity contribution in [1.82, 2.24) is 15.0 Å². The standard InChI is InChI=1S/C37H42N6O7/c1-23(10-7-8-17-42-21-32(40-41-42)30(22-44)27-12-5-4-6-13-27)37(50)31-19-29(39-35(48)25(3)46)15-16-33(31)43(36(37)49)20-26-11-9-14-28(18-26)38-34(47)24(2)45/h4-7,9-16,18-19,21,23-25,30,44-46,50H,8,17,20,22H2,1-3H3,(H,38,47)(H,39,48)/b10-7+/t23-,24+,25+,30?,37+/m1/s1. The molecule has 1 aromatic heterocycles. The highest BCUT2D eigenvalue weighted by Crippen LogP contribution is 2.47. The van der Waals surface area contributed by atoms with Crippen molar-refractivity contribution in [2.45, 2.75) is 64.0 Å². The Labute approximate surface area is 289 Å². The number of aryl methyl sites for hydroxylation is 1. The lowest BCUT2D eigenvalue weighted by Crippen LogP contribution is -2.44. The number of benzene rings is 3. The van der Waals surface area contributed by atoms with Gasteiger partial charge in [0.2, 0.25) is 0 Å². The molecule has 0 fully saturated rings. The third-order valence-corrected chi connectivity index (χ3v) is 8.74. The minimum absolute atomic E-state index is 0.0643. The first kappa shape index (κ1) is 36.1. The van der Waals surface area contributed by atoms with E-state index in [9.17, 15) is 34.8 Å². The Morgan fingerprint density at radius 1 is 0.920 bits per heavy atom. The van der Waals surface area contributed by atoms with Crippen LogP contribution in [0.15, 0.2) is 91.1 Å². The van der Waals surface area contributed by atoms with E-state index in [2.05, 4.69) is 20.9 Å². The molecule has 0 radical (unpaired) electrons. The number of fused-ring (bicyclic) bond motifs is 1. The van der Waals surface area contributed by atoms with Gasteiger partial charge in [-0.2, -0.15) is 0 Å². The number of nitrogens with one attached hydrogen (secondary N) is 2. The summed E-state index contributed by atoms with van der Waals surface area (Å²) in [5, 5.41) is 55.2. The van der Waals surface area contributed by atoms with Gasteiger partial charge in [-0.15, -0.1) is 5.10 Å². The van der Waals surface area contributed by atoms with E-state index in [0.717, 1.165) is 5.56 Å². The Morgan fingerprint density at radius 2 is 1.60 bits per heavy atom. The van der Waals surface area contributed by atoms with Gasteiger partial charge in [-0.3, -0.25) is 19.1 Å². The van der Waals surface area contributed by atoms with Gasteiger partial charge in [-0.05, 0) is 61.7 Å². The fourth-order valence-corrected chi connectivity index (χ4v) is 5.89. The van der Waals surface area contributed by atoms with Crippen LogP contribution in [0.2, 0.25) is 0 Å². The number of hydrogen-bond donors (Lipinski definition) is 6. The second kappa shape index (κ2) is 15.6. The van der Waals surface area contributed by atoms with Crippen molar-refractivity contribution in [1.29, 1.82) is 0 Å². The van der Waals surface area contributed by atoms with E-state index in [0.29, 0.717) is 46.8 Å². The number of nitrogens with zero attached hydrogens (tertiary/aromatic N) is 4. The number of aliphatic hydroxyl groups excluding tert-OH is 3. The van der Waals surface area contributed by atoms with Crippen molar-refractivity contribution in [3.05, 3.63) is 114 Å². The fourth-order valence-electron chi connectivity index (χ4n) is 5.89. The molecule has 3 aromatic carbocycles. The van der Waals surface area contributed by atoms with E-state index in [4.69, 9.17) is 0 Å². The fraction of sp³-hybridized carbons (Fsp3) is 0.324. The summed E-state index contributed by atoms with van der Waals surface area (Å²) in [5.41, 5.74) is 1.72. The van der Waals surface area contributed by atoms with Crippen LogP contribution in [0.5, 0.6) is 0 Å². The maximum Gasteiger partial charge on any atom is 0.264 e. The van der Waals surface area contributed by atoms with Crippen LogP contribution in [-0.4, -0.2) is 72.0 Å². The molecule has 5 rings (SSSR count). The molecular formula is C37H42N6O7. The van der Waals surface area contributed by atoms with Crippen LogP contribution in [0.3, 0.4) is 0 Å². The summed E-state index contributed by atoms with van der Waals surface area (Å²) in [5.74, 6) is -2.78. The average Bonchev–Trinajstić information content (AvgIpc) is 3.65. The summed E-state index contributed by atoms with van der Waals surface area (Å²) in [4.78, 5) is 39.9. The molecule has 0 saturated heterocycles. The monoisotopic (exact) mass is 682 g/mol. The van der Waals surface area contributed by atoms with Crippen LogP contribution in [0, 0.1) is 5.92 Å². The molecule has 5 atom stereocenters. The molecule has 6 N–H and O–H groups in total. The molecule has 13 nitrogen and oxygen atoms in total. The number of amides is 3. The molecular weight excluding hydrogens is 640 g/mol. The van der Waals surface area contributed by atoms with Crippen molar-refractivity contribution < 1.29 is 34.8 Å². The molecule has 0 bridgehead atoms. The topological polar surface area (TPSA) is 190 Å². The third-order valence-electron chi connectivity index (χ3n) is 8.74. The molecule has 1 aliphatic rings.